The van der Waals surface area contributed by atoms with Gasteiger partial charge in [0.05, 0.1) is 0 Å². The van der Waals surface area contributed by atoms with Crippen LogP contribution in [-0.2, 0) is 6.42 Å². The van der Waals surface area contributed by atoms with E-state index in [4.69, 9.17) is 5.73 Å². The van der Waals surface area contributed by atoms with Crippen molar-refractivity contribution in [3.63, 3.8) is 0 Å². The third kappa shape index (κ3) is 3.74. The maximum atomic E-state index is 5.59. The van der Waals surface area contributed by atoms with Crippen molar-refractivity contribution in [3.05, 3.63) is 29.8 Å². The van der Waals surface area contributed by atoms with Crippen LogP contribution in [-0.4, -0.2) is 19.1 Å². The molecule has 2 heteroatoms. The maximum absolute atomic E-state index is 5.59. The lowest BCUT2D eigenvalue weighted by Gasteiger charge is -2.25. The third-order valence-electron chi connectivity index (χ3n) is 3.64. The standard InChI is InChI=1S/C16H26N2/c1-13(2)10-12-18(16-7-8-16)15-5-3-14(4-6-15)9-11-17/h3-6,13,16H,7-12,17H2,1-2H3. The van der Waals surface area contributed by atoms with Crippen LogP contribution >= 0.6 is 0 Å². The van der Waals surface area contributed by atoms with Gasteiger partial charge in [0.1, 0.15) is 0 Å². The molecule has 0 atom stereocenters. The normalized spacial score (nSPS) is 15.1. The second kappa shape index (κ2) is 6.24. The van der Waals surface area contributed by atoms with E-state index in [1.807, 2.05) is 0 Å². The van der Waals surface area contributed by atoms with E-state index in [1.165, 1.54) is 37.1 Å². The van der Waals surface area contributed by atoms with Crippen molar-refractivity contribution < 1.29 is 0 Å². The molecule has 0 unspecified atom stereocenters. The Bertz CT molecular complexity index is 352. The lowest BCUT2D eigenvalue weighted by molar-refractivity contribution is 0.571. The van der Waals surface area contributed by atoms with Gasteiger partial charge in [-0.2, -0.15) is 0 Å². The molecule has 1 aromatic rings. The average molecular weight is 246 g/mol. The highest BCUT2D eigenvalue weighted by Gasteiger charge is 2.28. The van der Waals surface area contributed by atoms with E-state index >= 15 is 0 Å². The molecule has 0 bridgehead atoms. The number of hydrogen-bond donors (Lipinski definition) is 1. The SMILES string of the molecule is CC(C)CCN(c1ccc(CCN)cc1)C1CC1. The third-order valence-corrected chi connectivity index (χ3v) is 3.64. The Morgan fingerprint density at radius 3 is 2.39 bits per heavy atom. The molecule has 0 heterocycles. The van der Waals surface area contributed by atoms with Crippen LogP contribution in [0.3, 0.4) is 0 Å². The molecule has 1 saturated carbocycles. The van der Waals surface area contributed by atoms with E-state index in [1.54, 1.807) is 0 Å². The smallest absolute Gasteiger partial charge is 0.0368 e. The second-order valence-electron chi connectivity index (χ2n) is 5.81. The van der Waals surface area contributed by atoms with Gasteiger partial charge in [-0.15, -0.1) is 0 Å². The van der Waals surface area contributed by atoms with Crippen molar-refractivity contribution in [3.8, 4) is 0 Å². The summed E-state index contributed by atoms with van der Waals surface area (Å²) < 4.78 is 0. The molecule has 0 amide bonds. The summed E-state index contributed by atoms with van der Waals surface area (Å²) in [6.45, 7) is 6.53. The van der Waals surface area contributed by atoms with Gasteiger partial charge < -0.3 is 10.6 Å². The minimum Gasteiger partial charge on any atom is -0.369 e. The quantitative estimate of drug-likeness (QED) is 0.800. The summed E-state index contributed by atoms with van der Waals surface area (Å²) in [5.41, 5.74) is 8.32. The van der Waals surface area contributed by atoms with Gasteiger partial charge >= 0.3 is 0 Å². The zero-order valence-corrected chi connectivity index (χ0v) is 11.7. The molecule has 1 fully saturated rings. The Hall–Kier alpha value is -1.02. The van der Waals surface area contributed by atoms with E-state index in [9.17, 15) is 0 Å². The van der Waals surface area contributed by atoms with Crippen molar-refractivity contribution in [2.45, 2.75) is 45.6 Å². The highest BCUT2D eigenvalue weighted by Crippen LogP contribution is 2.32. The molecule has 2 N–H and O–H groups in total. The fourth-order valence-electron chi connectivity index (χ4n) is 2.33. The Morgan fingerprint density at radius 1 is 1.22 bits per heavy atom. The molecular weight excluding hydrogens is 220 g/mol. The minimum absolute atomic E-state index is 0.735. The molecule has 0 saturated heterocycles. The van der Waals surface area contributed by atoms with Gasteiger partial charge in [0.2, 0.25) is 0 Å². The van der Waals surface area contributed by atoms with E-state index in [0.29, 0.717) is 0 Å². The number of anilines is 1. The molecule has 100 valence electrons. The van der Waals surface area contributed by atoms with Crippen molar-refractivity contribution >= 4 is 5.69 Å². The zero-order valence-electron chi connectivity index (χ0n) is 11.7. The van der Waals surface area contributed by atoms with Crippen LogP contribution in [0.1, 0.15) is 38.7 Å². The molecule has 0 aromatic heterocycles. The van der Waals surface area contributed by atoms with Crippen LogP contribution in [0.15, 0.2) is 24.3 Å². The summed E-state index contributed by atoms with van der Waals surface area (Å²) in [5, 5.41) is 0. The summed E-state index contributed by atoms with van der Waals surface area (Å²) in [6, 6.07) is 9.79. The number of nitrogens with zero attached hydrogens (tertiary/aromatic N) is 1. The van der Waals surface area contributed by atoms with Gasteiger partial charge in [-0.05, 0) is 55.8 Å². The molecule has 2 rings (SSSR count). The zero-order chi connectivity index (χ0) is 13.0. The maximum Gasteiger partial charge on any atom is 0.0368 e. The highest BCUT2D eigenvalue weighted by molar-refractivity contribution is 5.49. The monoisotopic (exact) mass is 246 g/mol. The van der Waals surface area contributed by atoms with Gasteiger partial charge in [-0.3, -0.25) is 0 Å². The molecule has 0 spiro atoms. The lowest BCUT2D eigenvalue weighted by atomic mass is 10.1. The van der Waals surface area contributed by atoms with Crippen LogP contribution in [0.2, 0.25) is 0 Å². The van der Waals surface area contributed by atoms with E-state index in [2.05, 4.69) is 43.0 Å². The first kappa shape index (κ1) is 13.4. The Balaban J connectivity index is 2.00. The number of nitrogens with two attached hydrogens (primary N) is 1. The Kier molecular flexibility index (Phi) is 4.65. The predicted octanol–water partition coefficient (Wildman–Crippen LogP) is 3.20. The summed E-state index contributed by atoms with van der Waals surface area (Å²) in [6.07, 6.45) is 4.99. The van der Waals surface area contributed by atoms with Crippen LogP contribution < -0.4 is 10.6 Å². The number of hydrogen-bond acceptors (Lipinski definition) is 2. The summed E-state index contributed by atoms with van der Waals surface area (Å²) in [7, 11) is 0. The molecule has 1 aliphatic rings. The second-order valence-corrected chi connectivity index (χ2v) is 5.81. The van der Waals surface area contributed by atoms with Crippen LogP contribution in [0, 0.1) is 5.92 Å². The van der Waals surface area contributed by atoms with Crippen molar-refractivity contribution in [2.24, 2.45) is 11.7 Å². The minimum atomic E-state index is 0.735. The van der Waals surface area contributed by atoms with E-state index in [-0.39, 0.29) is 0 Å². The number of rotatable bonds is 7. The topological polar surface area (TPSA) is 29.3 Å². The molecule has 18 heavy (non-hydrogen) atoms. The van der Waals surface area contributed by atoms with E-state index < -0.39 is 0 Å². The van der Waals surface area contributed by atoms with Crippen molar-refractivity contribution in [1.82, 2.24) is 0 Å². The van der Waals surface area contributed by atoms with Gasteiger partial charge in [0.15, 0.2) is 0 Å². The van der Waals surface area contributed by atoms with Crippen molar-refractivity contribution in [1.29, 1.82) is 0 Å². The molecule has 2 nitrogen and oxygen atoms in total. The fourth-order valence-corrected chi connectivity index (χ4v) is 2.33. The first-order valence-electron chi connectivity index (χ1n) is 7.26. The fraction of sp³-hybridized carbons (Fsp3) is 0.625. The van der Waals surface area contributed by atoms with Crippen LogP contribution in [0.25, 0.3) is 0 Å². The summed E-state index contributed by atoms with van der Waals surface area (Å²) >= 11 is 0. The van der Waals surface area contributed by atoms with Crippen molar-refractivity contribution in [2.75, 3.05) is 18.0 Å². The molecule has 1 aromatic carbocycles. The molecule has 1 aliphatic carbocycles. The Morgan fingerprint density at radius 2 is 1.89 bits per heavy atom. The van der Waals surface area contributed by atoms with Gasteiger partial charge in [-0.1, -0.05) is 26.0 Å². The molecule has 0 radical (unpaired) electrons. The van der Waals surface area contributed by atoms with Crippen LogP contribution in [0.5, 0.6) is 0 Å². The van der Waals surface area contributed by atoms with Gasteiger partial charge in [0.25, 0.3) is 0 Å². The van der Waals surface area contributed by atoms with E-state index in [0.717, 1.165) is 24.9 Å². The van der Waals surface area contributed by atoms with Gasteiger partial charge in [-0.25, -0.2) is 0 Å². The molecular formula is C16H26N2. The highest BCUT2D eigenvalue weighted by atomic mass is 15.2. The predicted molar refractivity (Wildman–Crippen MR) is 79.0 cm³/mol. The first-order chi connectivity index (χ1) is 8.70. The molecule has 0 aliphatic heterocycles. The van der Waals surface area contributed by atoms with Crippen LogP contribution in [0.4, 0.5) is 5.69 Å². The lowest BCUT2D eigenvalue weighted by Crippen LogP contribution is -2.27. The number of benzene rings is 1. The van der Waals surface area contributed by atoms with Gasteiger partial charge in [0, 0.05) is 18.3 Å². The average Bonchev–Trinajstić information content (AvgIpc) is 3.16. The summed E-state index contributed by atoms with van der Waals surface area (Å²) in [5.74, 6) is 0.780. The summed E-state index contributed by atoms with van der Waals surface area (Å²) in [4.78, 5) is 2.59. The Labute approximate surface area is 111 Å². The largest absolute Gasteiger partial charge is 0.369 e. The first-order valence-corrected chi connectivity index (χ1v) is 7.26.